The smallest absolute Gasteiger partial charge is 0.223 e. The van der Waals surface area contributed by atoms with Crippen molar-refractivity contribution in [2.24, 2.45) is 5.92 Å². The Morgan fingerprint density at radius 2 is 1.87 bits per heavy atom. The summed E-state index contributed by atoms with van der Waals surface area (Å²) >= 11 is 6.19. The van der Waals surface area contributed by atoms with Crippen molar-refractivity contribution in [2.75, 3.05) is 13.2 Å². The fourth-order valence-corrected chi connectivity index (χ4v) is 3.83. The lowest BCUT2D eigenvalue weighted by Gasteiger charge is -2.13. The van der Waals surface area contributed by atoms with Crippen LogP contribution in [0.15, 0.2) is 48.5 Å². The Morgan fingerprint density at radius 1 is 1.13 bits per heavy atom. The lowest BCUT2D eigenvalue weighted by molar-refractivity contribution is -0.125. The van der Waals surface area contributed by atoms with Crippen molar-refractivity contribution < 1.29 is 9.53 Å². The van der Waals surface area contributed by atoms with E-state index in [0.717, 1.165) is 42.5 Å². The zero-order valence-corrected chi connectivity index (χ0v) is 18.5. The molecule has 5 nitrogen and oxygen atoms in total. The number of aromatic nitrogens is 2. The van der Waals surface area contributed by atoms with E-state index in [2.05, 4.69) is 29.8 Å². The highest BCUT2D eigenvalue weighted by Crippen LogP contribution is 2.23. The number of halogens is 1. The molecule has 2 aromatic carbocycles. The number of nitrogens with zero attached hydrogens (tertiary/aromatic N) is 2. The molecule has 3 aromatic rings. The third kappa shape index (κ3) is 5.54. The normalized spacial score (nSPS) is 11.2. The van der Waals surface area contributed by atoms with Gasteiger partial charge in [0.1, 0.15) is 18.2 Å². The van der Waals surface area contributed by atoms with Gasteiger partial charge in [0.2, 0.25) is 5.91 Å². The van der Waals surface area contributed by atoms with Gasteiger partial charge in [0.05, 0.1) is 22.6 Å². The Labute approximate surface area is 183 Å². The second kappa shape index (κ2) is 11.0. The van der Waals surface area contributed by atoms with Gasteiger partial charge in [0.25, 0.3) is 0 Å². The van der Waals surface area contributed by atoms with E-state index in [1.54, 1.807) is 0 Å². The summed E-state index contributed by atoms with van der Waals surface area (Å²) in [5.74, 6) is 1.96. The van der Waals surface area contributed by atoms with Crippen LogP contribution in [0.1, 0.15) is 38.9 Å². The Balaban J connectivity index is 1.61. The maximum atomic E-state index is 12.2. The molecule has 0 saturated heterocycles. The Morgan fingerprint density at radius 3 is 2.63 bits per heavy atom. The van der Waals surface area contributed by atoms with Crippen molar-refractivity contribution in [1.29, 1.82) is 0 Å². The number of aryl methyl sites for hydroxylation is 1. The molecule has 30 heavy (non-hydrogen) atoms. The number of benzene rings is 2. The largest absolute Gasteiger partial charge is 0.490 e. The van der Waals surface area contributed by atoms with Gasteiger partial charge in [0, 0.05) is 18.9 Å². The number of hydrogen-bond donors (Lipinski definition) is 1. The average Bonchev–Trinajstić information content (AvgIpc) is 3.11. The topological polar surface area (TPSA) is 56.2 Å². The molecule has 160 valence electrons. The molecule has 0 aliphatic carbocycles. The Bertz CT molecular complexity index is 966. The second-order valence-corrected chi connectivity index (χ2v) is 7.76. The van der Waals surface area contributed by atoms with Crippen LogP contribution in [0.3, 0.4) is 0 Å². The van der Waals surface area contributed by atoms with Crippen LogP contribution >= 0.6 is 11.6 Å². The molecule has 1 heterocycles. The molecule has 0 saturated carbocycles. The van der Waals surface area contributed by atoms with E-state index in [1.165, 1.54) is 0 Å². The number of hydrogen-bond acceptors (Lipinski definition) is 3. The molecule has 1 aromatic heterocycles. The predicted molar refractivity (Wildman–Crippen MR) is 122 cm³/mol. The van der Waals surface area contributed by atoms with Crippen molar-refractivity contribution in [3.05, 3.63) is 59.4 Å². The number of imidazole rings is 1. The standard InChI is InChI=1S/C24H30ClN3O2/c1-3-18(4-2)24(29)26-15-9-14-23-27-20-11-6-7-12-21(20)28(23)16-17-30-22-13-8-5-10-19(22)25/h5-8,10-13,18H,3-4,9,14-17H2,1-2H3,(H,26,29). The van der Waals surface area contributed by atoms with Gasteiger partial charge < -0.3 is 14.6 Å². The van der Waals surface area contributed by atoms with Gasteiger partial charge in [0.15, 0.2) is 0 Å². The zero-order chi connectivity index (χ0) is 21.3. The minimum atomic E-state index is 0.108. The average molecular weight is 428 g/mol. The van der Waals surface area contributed by atoms with Crippen LogP contribution in [0.4, 0.5) is 0 Å². The van der Waals surface area contributed by atoms with E-state index in [4.69, 9.17) is 21.3 Å². The van der Waals surface area contributed by atoms with Crippen molar-refractivity contribution in [2.45, 2.75) is 46.1 Å². The number of carbonyl (C=O) groups is 1. The molecule has 0 atom stereocenters. The highest BCUT2D eigenvalue weighted by molar-refractivity contribution is 6.32. The molecule has 0 unspecified atom stereocenters. The molecule has 0 aliphatic rings. The van der Waals surface area contributed by atoms with Crippen molar-refractivity contribution in [3.63, 3.8) is 0 Å². The summed E-state index contributed by atoms with van der Waals surface area (Å²) in [4.78, 5) is 17.0. The molecule has 3 rings (SSSR count). The van der Waals surface area contributed by atoms with Crippen LogP contribution < -0.4 is 10.1 Å². The number of fused-ring (bicyclic) bond motifs is 1. The van der Waals surface area contributed by atoms with Crippen LogP contribution in [0, 0.1) is 5.92 Å². The number of amides is 1. The van der Waals surface area contributed by atoms with E-state index in [9.17, 15) is 4.79 Å². The number of carbonyl (C=O) groups excluding carboxylic acids is 1. The summed E-state index contributed by atoms with van der Waals surface area (Å²) in [6.07, 6.45) is 3.40. The lowest BCUT2D eigenvalue weighted by atomic mass is 10.0. The molecule has 0 fully saturated rings. The summed E-state index contributed by atoms with van der Waals surface area (Å²) in [5.41, 5.74) is 2.07. The molecule has 0 radical (unpaired) electrons. The summed E-state index contributed by atoms with van der Waals surface area (Å²) in [6.45, 7) is 5.96. The first-order valence-electron chi connectivity index (χ1n) is 10.7. The fourth-order valence-electron chi connectivity index (χ4n) is 3.64. The number of rotatable bonds is 11. The number of ether oxygens (including phenoxy) is 1. The molecular weight excluding hydrogens is 398 g/mol. The number of nitrogens with one attached hydrogen (secondary N) is 1. The first-order chi connectivity index (χ1) is 14.6. The Kier molecular flexibility index (Phi) is 8.14. The quantitative estimate of drug-likeness (QED) is 0.425. The Hall–Kier alpha value is -2.53. The van der Waals surface area contributed by atoms with Gasteiger partial charge >= 0.3 is 0 Å². The van der Waals surface area contributed by atoms with Crippen LogP contribution in [-0.2, 0) is 17.8 Å². The fraction of sp³-hybridized carbons (Fsp3) is 0.417. The maximum absolute atomic E-state index is 12.2. The first kappa shape index (κ1) is 22.2. The van der Waals surface area contributed by atoms with Crippen molar-refractivity contribution in [3.8, 4) is 5.75 Å². The van der Waals surface area contributed by atoms with Gasteiger partial charge in [-0.1, -0.05) is 49.7 Å². The van der Waals surface area contributed by atoms with Gasteiger partial charge in [-0.05, 0) is 43.5 Å². The molecule has 0 aliphatic heterocycles. The van der Waals surface area contributed by atoms with E-state index in [-0.39, 0.29) is 11.8 Å². The predicted octanol–water partition coefficient (Wildman–Crippen LogP) is 5.25. The minimum Gasteiger partial charge on any atom is -0.490 e. The van der Waals surface area contributed by atoms with Crippen LogP contribution in [0.2, 0.25) is 5.02 Å². The highest BCUT2D eigenvalue weighted by atomic mass is 35.5. The molecular formula is C24H30ClN3O2. The van der Waals surface area contributed by atoms with E-state index < -0.39 is 0 Å². The van der Waals surface area contributed by atoms with Crippen molar-refractivity contribution in [1.82, 2.24) is 14.9 Å². The van der Waals surface area contributed by atoms with Crippen molar-refractivity contribution >= 4 is 28.5 Å². The maximum Gasteiger partial charge on any atom is 0.223 e. The highest BCUT2D eigenvalue weighted by Gasteiger charge is 2.14. The lowest BCUT2D eigenvalue weighted by Crippen LogP contribution is -2.31. The first-order valence-corrected chi connectivity index (χ1v) is 11.1. The minimum absolute atomic E-state index is 0.108. The van der Waals surface area contributed by atoms with Crippen LogP contribution in [0.25, 0.3) is 11.0 Å². The molecule has 6 heteroatoms. The van der Waals surface area contributed by atoms with E-state index >= 15 is 0 Å². The van der Waals surface area contributed by atoms with E-state index in [0.29, 0.717) is 30.5 Å². The summed E-state index contributed by atoms with van der Waals surface area (Å²) in [6, 6.07) is 15.6. The number of para-hydroxylation sites is 3. The second-order valence-electron chi connectivity index (χ2n) is 7.36. The molecule has 0 spiro atoms. The van der Waals surface area contributed by atoms with Gasteiger partial charge in [-0.15, -0.1) is 0 Å². The molecule has 1 N–H and O–H groups in total. The third-order valence-electron chi connectivity index (χ3n) is 5.38. The van der Waals surface area contributed by atoms with Crippen LogP contribution in [-0.4, -0.2) is 28.6 Å². The molecule has 1 amide bonds. The monoisotopic (exact) mass is 427 g/mol. The summed E-state index contributed by atoms with van der Waals surface area (Å²) < 4.78 is 8.09. The SMILES string of the molecule is CCC(CC)C(=O)NCCCc1nc2ccccc2n1CCOc1ccccc1Cl. The summed E-state index contributed by atoms with van der Waals surface area (Å²) in [7, 11) is 0. The zero-order valence-electron chi connectivity index (χ0n) is 17.7. The van der Waals surface area contributed by atoms with Gasteiger partial charge in [-0.25, -0.2) is 4.98 Å². The van der Waals surface area contributed by atoms with E-state index in [1.807, 2.05) is 42.5 Å². The van der Waals surface area contributed by atoms with Gasteiger partial charge in [-0.3, -0.25) is 4.79 Å². The third-order valence-corrected chi connectivity index (χ3v) is 5.69. The summed E-state index contributed by atoms with van der Waals surface area (Å²) in [5, 5.41) is 3.68. The van der Waals surface area contributed by atoms with Gasteiger partial charge in [-0.2, -0.15) is 0 Å². The molecule has 0 bridgehead atoms. The van der Waals surface area contributed by atoms with Crippen LogP contribution in [0.5, 0.6) is 5.75 Å².